The number of halogens is 2. The minimum Gasteiger partial charge on any atom is -0.494 e. The monoisotopic (exact) mass is 621 g/mol. The molecule has 8 nitrogen and oxygen atoms in total. The van der Waals surface area contributed by atoms with Gasteiger partial charge in [-0.1, -0.05) is 42.5 Å². The van der Waals surface area contributed by atoms with Crippen molar-refractivity contribution >= 4 is 23.2 Å². The first-order valence-electron chi connectivity index (χ1n) is 13.8. The highest BCUT2D eigenvalue weighted by atomic mass is 35.5. The van der Waals surface area contributed by atoms with E-state index in [1.807, 2.05) is 54.6 Å². The molecule has 3 unspecified atom stereocenters. The van der Waals surface area contributed by atoms with Crippen LogP contribution >= 0.6 is 23.2 Å². The number of β-amino-alcohol motifs (C(OH)–C–C–N with tert-alkyl or cyclic N) is 1. The lowest BCUT2D eigenvalue weighted by Crippen LogP contribution is -2.49. The van der Waals surface area contributed by atoms with E-state index in [2.05, 4.69) is 17.4 Å². The van der Waals surface area contributed by atoms with Crippen LogP contribution in [0.2, 0.25) is 0 Å². The van der Waals surface area contributed by atoms with Crippen LogP contribution in [0, 0.1) is 0 Å². The largest absolute Gasteiger partial charge is 0.494 e. The third-order valence-electron chi connectivity index (χ3n) is 6.78. The second-order valence-corrected chi connectivity index (χ2v) is 10.4. The van der Waals surface area contributed by atoms with E-state index in [0.29, 0.717) is 56.8 Å². The summed E-state index contributed by atoms with van der Waals surface area (Å²) < 4.78 is 34.3. The van der Waals surface area contributed by atoms with Gasteiger partial charge in [0.05, 0.1) is 65.3 Å². The zero-order valence-electron chi connectivity index (χ0n) is 24.4. The highest BCUT2D eigenvalue weighted by molar-refractivity contribution is 6.40. The summed E-state index contributed by atoms with van der Waals surface area (Å²) in [7, 11) is 4.76. The van der Waals surface area contributed by atoms with Gasteiger partial charge in [-0.2, -0.15) is 0 Å². The van der Waals surface area contributed by atoms with Gasteiger partial charge >= 0.3 is 0 Å². The molecular formula is C32H41Cl2NO7. The minimum atomic E-state index is -0.572. The van der Waals surface area contributed by atoms with Crippen LogP contribution in [0.25, 0.3) is 0 Å². The van der Waals surface area contributed by atoms with Crippen LogP contribution in [0.4, 0.5) is 0 Å². The van der Waals surface area contributed by atoms with E-state index in [1.54, 1.807) is 21.3 Å². The zero-order chi connectivity index (χ0) is 30.2. The van der Waals surface area contributed by atoms with Crippen LogP contribution in [0.1, 0.15) is 29.0 Å². The number of nitrogens with one attached hydrogen (secondary N) is 1. The molecule has 1 aliphatic heterocycles. The van der Waals surface area contributed by atoms with Crippen LogP contribution in [-0.2, 0) is 22.7 Å². The summed E-state index contributed by atoms with van der Waals surface area (Å²) in [4.78, 5) is 0. The summed E-state index contributed by atoms with van der Waals surface area (Å²) in [5.74, 6) is 2.31. The van der Waals surface area contributed by atoms with Gasteiger partial charge < -0.3 is 38.8 Å². The third kappa shape index (κ3) is 10.2. The second kappa shape index (κ2) is 18.7. The van der Waals surface area contributed by atoms with Crippen molar-refractivity contribution in [2.45, 2.75) is 37.8 Å². The number of methoxy groups -OCH3 is 3. The standard InChI is InChI=1S/C31H39NO7.CH2Cl2/c1-34-27-16-23(17-28(35-2)31(27)36-3)21-39-29-19-32-18-26(33)30(29)24-10-12-25(13-11-24)38-15-7-14-37-20-22-8-5-4-6-9-22;2-1-3/h4-6,8-13,16-17,26,29-30,32-33H,7,14-15,18-21H2,1-3H3;1H2. The van der Waals surface area contributed by atoms with Crippen molar-refractivity contribution in [3.63, 3.8) is 0 Å². The fraction of sp³-hybridized carbons (Fsp3) is 0.438. The van der Waals surface area contributed by atoms with E-state index in [4.69, 9.17) is 51.6 Å². The number of aliphatic hydroxyl groups excluding tert-OH is 1. The predicted molar refractivity (Wildman–Crippen MR) is 166 cm³/mol. The van der Waals surface area contributed by atoms with Gasteiger partial charge in [0.2, 0.25) is 5.75 Å². The number of aliphatic hydroxyl groups is 1. The molecule has 3 aromatic carbocycles. The molecule has 2 N–H and O–H groups in total. The smallest absolute Gasteiger partial charge is 0.203 e. The lowest BCUT2D eigenvalue weighted by Gasteiger charge is -2.36. The number of hydrogen-bond acceptors (Lipinski definition) is 8. The molecule has 3 atom stereocenters. The van der Waals surface area contributed by atoms with Crippen molar-refractivity contribution in [1.82, 2.24) is 5.32 Å². The van der Waals surface area contributed by atoms with E-state index in [1.165, 1.54) is 5.56 Å². The normalized spacial score (nSPS) is 18.0. The molecule has 230 valence electrons. The Kier molecular flexibility index (Phi) is 15.1. The quantitative estimate of drug-likeness (QED) is 0.174. The second-order valence-electron chi connectivity index (χ2n) is 9.54. The molecule has 10 heteroatoms. The van der Waals surface area contributed by atoms with E-state index in [9.17, 15) is 5.11 Å². The zero-order valence-corrected chi connectivity index (χ0v) is 25.9. The topological polar surface area (TPSA) is 87.6 Å². The van der Waals surface area contributed by atoms with Gasteiger partial charge in [0.1, 0.15) is 5.75 Å². The number of ether oxygens (including phenoxy) is 6. The van der Waals surface area contributed by atoms with Gasteiger partial charge in [0.15, 0.2) is 11.5 Å². The lowest BCUT2D eigenvalue weighted by molar-refractivity contribution is -0.0329. The van der Waals surface area contributed by atoms with E-state index in [0.717, 1.165) is 23.3 Å². The van der Waals surface area contributed by atoms with Gasteiger partial charge in [-0.05, 0) is 41.0 Å². The first-order chi connectivity index (χ1) is 20.5. The average molecular weight is 623 g/mol. The average Bonchev–Trinajstić information content (AvgIpc) is 3.02. The summed E-state index contributed by atoms with van der Waals surface area (Å²) in [5, 5.41) is 14.3. The summed E-state index contributed by atoms with van der Waals surface area (Å²) in [6.45, 7) is 3.30. The fourth-order valence-electron chi connectivity index (χ4n) is 4.80. The van der Waals surface area contributed by atoms with Crippen LogP contribution in [-0.4, -0.2) is 70.3 Å². The van der Waals surface area contributed by atoms with Gasteiger partial charge in [0, 0.05) is 25.4 Å². The van der Waals surface area contributed by atoms with Gasteiger partial charge in [-0.25, -0.2) is 0 Å². The Labute approximate surface area is 258 Å². The highest BCUT2D eigenvalue weighted by Gasteiger charge is 2.34. The molecular weight excluding hydrogens is 581 g/mol. The number of rotatable bonds is 14. The molecule has 42 heavy (non-hydrogen) atoms. The van der Waals surface area contributed by atoms with Crippen LogP contribution < -0.4 is 24.3 Å². The number of alkyl halides is 2. The molecule has 0 aromatic heterocycles. The van der Waals surface area contributed by atoms with Crippen molar-refractivity contribution in [2.75, 3.05) is 53.0 Å². The Morgan fingerprint density at radius 1 is 0.810 bits per heavy atom. The van der Waals surface area contributed by atoms with Crippen molar-refractivity contribution in [3.8, 4) is 23.0 Å². The van der Waals surface area contributed by atoms with E-state index in [-0.39, 0.29) is 17.4 Å². The van der Waals surface area contributed by atoms with Gasteiger partial charge in [-0.15, -0.1) is 23.2 Å². The van der Waals surface area contributed by atoms with Crippen LogP contribution in [0.5, 0.6) is 23.0 Å². The Balaban J connectivity index is 0.00000155. The number of piperidine rings is 1. The first-order valence-corrected chi connectivity index (χ1v) is 14.9. The van der Waals surface area contributed by atoms with E-state index < -0.39 is 6.10 Å². The molecule has 1 heterocycles. The highest BCUT2D eigenvalue weighted by Crippen LogP contribution is 2.39. The maximum atomic E-state index is 10.9. The molecule has 3 aromatic rings. The Morgan fingerprint density at radius 2 is 1.48 bits per heavy atom. The molecule has 1 fully saturated rings. The molecule has 1 aliphatic rings. The molecule has 0 saturated carbocycles. The minimum absolute atomic E-state index is 0.172. The molecule has 0 amide bonds. The summed E-state index contributed by atoms with van der Waals surface area (Å²) >= 11 is 9.53. The number of benzene rings is 3. The van der Waals surface area contributed by atoms with Crippen molar-refractivity contribution < 1.29 is 33.5 Å². The summed E-state index contributed by atoms with van der Waals surface area (Å²) in [6.07, 6.45) is 0.0110. The van der Waals surface area contributed by atoms with Gasteiger partial charge in [-0.3, -0.25) is 0 Å². The Bertz CT molecular complexity index is 1140. The van der Waals surface area contributed by atoms with Crippen LogP contribution in [0.15, 0.2) is 66.7 Å². The third-order valence-corrected chi connectivity index (χ3v) is 6.78. The Hall–Kier alpha value is -2.72. The fourth-order valence-corrected chi connectivity index (χ4v) is 4.80. The molecule has 0 spiro atoms. The van der Waals surface area contributed by atoms with Crippen LogP contribution in [0.3, 0.4) is 0 Å². The molecule has 0 bridgehead atoms. The first kappa shape index (κ1) is 33.8. The summed E-state index contributed by atoms with van der Waals surface area (Å²) in [5.41, 5.74) is 3.07. The molecule has 4 rings (SSSR count). The van der Waals surface area contributed by atoms with Crippen molar-refractivity contribution in [1.29, 1.82) is 0 Å². The maximum Gasteiger partial charge on any atom is 0.203 e. The Morgan fingerprint density at radius 3 is 2.10 bits per heavy atom. The molecule has 0 aliphatic carbocycles. The molecule has 1 saturated heterocycles. The SMILES string of the molecule is COc1cc(COC2CNCC(O)C2c2ccc(OCCCOCc3ccccc3)cc2)cc(OC)c1OC.ClCCl. The predicted octanol–water partition coefficient (Wildman–Crippen LogP) is 5.75. The summed E-state index contributed by atoms with van der Waals surface area (Å²) in [6, 6.07) is 21.8. The maximum absolute atomic E-state index is 10.9. The molecule has 0 radical (unpaired) electrons. The lowest BCUT2D eigenvalue weighted by atomic mass is 9.85. The van der Waals surface area contributed by atoms with Gasteiger partial charge in [0.25, 0.3) is 0 Å². The van der Waals surface area contributed by atoms with Crippen molar-refractivity contribution in [3.05, 3.63) is 83.4 Å². The van der Waals surface area contributed by atoms with Crippen molar-refractivity contribution in [2.24, 2.45) is 0 Å². The number of hydrogen-bond donors (Lipinski definition) is 2. The van der Waals surface area contributed by atoms with E-state index >= 15 is 0 Å².